The number of H-pyrrole nitrogens is 2. The molecule has 8 aromatic carbocycles. The van der Waals surface area contributed by atoms with Crippen LogP contribution in [0, 0.1) is 0 Å². The minimum absolute atomic E-state index is 1.14. The lowest BCUT2D eigenvalue weighted by atomic mass is 9.86. The Morgan fingerprint density at radius 2 is 0.542 bits per heavy atom. The number of hydrogen-bond donors (Lipinski definition) is 2. The van der Waals surface area contributed by atoms with E-state index in [-0.39, 0.29) is 0 Å². The number of fused-ring (bicyclic) bond motifs is 11. The van der Waals surface area contributed by atoms with E-state index in [0.717, 1.165) is 11.4 Å². The minimum atomic E-state index is 1.14. The highest BCUT2D eigenvalue weighted by Gasteiger charge is 2.26. The second-order valence-electron chi connectivity index (χ2n) is 12.6. The topological polar surface area (TPSA) is 31.6 Å². The fourth-order valence-corrected chi connectivity index (χ4v) is 7.96. The summed E-state index contributed by atoms with van der Waals surface area (Å²) in [5, 5.41) is 10.00. The van der Waals surface area contributed by atoms with Crippen LogP contribution < -0.4 is 0 Å². The Morgan fingerprint density at radius 3 is 0.896 bits per heavy atom. The number of aromatic nitrogens is 2. The maximum Gasteiger partial charge on any atom is 0.0551 e. The zero-order valence-corrected chi connectivity index (χ0v) is 26.2. The summed E-state index contributed by atoms with van der Waals surface area (Å²) < 4.78 is 0. The SMILES string of the molecule is c1ccc(-c2[nH]c3c4ccccc4c4c5c(-c6ccccc6)c(-c6ccccc6)[nH]c5c5ccccc5c4c3c2-c2ccccc2)cc1. The van der Waals surface area contributed by atoms with Gasteiger partial charge in [0.2, 0.25) is 0 Å². The van der Waals surface area contributed by atoms with Crippen molar-refractivity contribution in [3.05, 3.63) is 170 Å². The van der Waals surface area contributed by atoms with Gasteiger partial charge in [0.05, 0.1) is 22.4 Å². The largest absolute Gasteiger partial charge is 0.353 e. The van der Waals surface area contributed by atoms with E-state index in [1.807, 2.05) is 0 Å². The van der Waals surface area contributed by atoms with E-state index in [4.69, 9.17) is 0 Å². The van der Waals surface area contributed by atoms with Crippen LogP contribution in [0.4, 0.5) is 0 Å². The lowest BCUT2D eigenvalue weighted by molar-refractivity contribution is 1.46. The molecule has 0 atom stereocenters. The second kappa shape index (κ2) is 10.6. The normalized spacial score (nSPS) is 11.8. The Labute approximate surface area is 277 Å². The van der Waals surface area contributed by atoms with Gasteiger partial charge < -0.3 is 9.97 Å². The third kappa shape index (κ3) is 3.87. The molecule has 224 valence electrons. The fraction of sp³-hybridized carbons (Fsp3) is 0. The summed E-state index contributed by atoms with van der Waals surface area (Å²) in [7, 11) is 0. The van der Waals surface area contributed by atoms with Crippen molar-refractivity contribution >= 4 is 54.1 Å². The number of benzene rings is 8. The summed E-state index contributed by atoms with van der Waals surface area (Å²) >= 11 is 0. The third-order valence-corrected chi connectivity index (χ3v) is 9.93. The van der Waals surface area contributed by atoms with Crippen molar-refractivity contribution in [1.29, 1.82) is 0 Å². The summed E-state index contributed by atoms with van der Waals surface area (Å²) in [6.07, 6.45) is 0. The van der Waals surface area contributed by atoms with Gasteiger partial charge in [-0.05, 0) is 33.0 Å². The predicted molar refractivity (Wildman–Crippen MR) is 204 cm³/mol. The lowest BCUT2D eigenvalue weighted by Crippen LogP contribution is -1.88. The number of nitrogens with one attached hydrogen (secondary N) is 2. The summed E-state index contributed by atoms with van der Waals surface area (Å²) in [6, 6.07) is 61.2. The van der Waals surface area contributed by atoms with Crippen molar-refractivity contribution in [3.8, 4) is 44.8 Å². The quantitative estimate of drug-likeness (QED) is 0.186. The molecular weight excluding hydrogens is 581 g/mol. The molecular formula is C46H30N2. The molecule has 10 rings (SSSR count). The molecule has 48 heavy (non-hydrogen) atoms. The highest BCUT2D eigenvalue weighted by molar-refractivity contribution is 6.43. The molecule has 10 aromatic rings. The van der Waals surface area contributed by atoms with Crippen LogP contribution in [0.5, 0.6) is 0 Å². The first-order chi connectivity index (χ1) is 23.9. The summed E-state index contributed by atoms with van der Waals surface area (Å²) in [4.78, 5) is 7.99. The van der Waals surface area contributed by atoms with Crippen LogP contribution in [-0.2, 0) is 0 Å². The van der Waals surface area contributed by atoms with Gasteiger partial charge in [-0.15, -0.1) is 0 Å². The van der Waals surface area contributed by atoms with E-state index in [0.29, 0.717) is 0 Å². The molecule has 0 bridgehead atoms. The van der Waals surface area contributed by atoms with Gasteiger partial charge in [-0.25, -0.2) is 0 Å². The molecule has 0 aliphatic carbocycles. The summed E-state index contributed by atoms with van der Waals surface area (Å²) in [6.45, 7) is 0. The van der Waals surface area contributed by atoms with E-state index in [1.165, 1.54) is 87.5 Å². The van der Waals surface area contributed by atoms with Crippen LogP contribution in [0.15, 0.2) is 170 Å². The molecule has 2 nitrogen and oxygen atoms in total. The number of aromatic amines is 2. The Hall–Kier alpha value is -6.38. The average molecular weight is 611 g/mol. The van der Waals surface area contributed by atoms with Crippen molar-refractivity contribution in [2.75, 3.05) is 0 Å². The molecule has 0 fully saturated rings. The van der Waals surface area contributed by atoms with Crippen LogP contribution in [0.3, 0.4) is 0 Å². The van der Waals surface area contributed by atoms with Crippen LogP contribution in [-0.4, -0.2) is 9.97 Å². The zero-order valence-electron chi connectivity index (χ0n) is 26.2. The van der Waals surface area contributed by atoms with Gasteiger partial charge in [-0.3, -0.25) is 0 Å². The highest BCUT2D eigenvalue weighted by atomic mass is 14.7. The van der Waals surface area contributed by atoms with Crippen molar-refractivity contribution in [2.24, 2.45) is 0 Å². The molecule has 0 aliphatic rings. The van der Waals surface area contributed by atoms with Crippen molar-refractivity contribution < 1.29 is 0 Å². The molecule has 2 aromatic heterocycles. The van der Waals surface area contributed by atoms with Gasteiger partial charge >= 0.3 is 0 Å². The number of rotatable bonds is 4. The first kappa shape index (κ1) is 26.8. The molecule has 2 N–H and O–H groups in total. The maximum atomic E-state index is 4.00. The van der Waals surface area contributed by atoms with Gasteiger partial charge in [-0.2, -0.15) is 0 Å². The molecule has 0 unspecified atom stereocenters. The number of hydrogen-bond acceptors (Lipinski definition) is 0. The van der Waals surface area contributed by atoms with Crippen molar-refractivity contribution in [1.82, 2.24) is 9.97 Å². The second-order valence-corrected chi connectivity index (χ2v) is 12.6. The fourth-order valence-electron chi connectivity index (χ4n) is 7.96. The Bertz CT molecular complexity index is 2590. The Kier molecular flexibility index (Phi) is 5.91. The van der Waals surface area contributed by atoms with Gasteiger partial charge in [0, 0.05) is 43.4 Å². The minimum Gasteiger partial charge on any atom is -0.353 e. The zero-order chi connectivity index (χ0) is 31.6. The molecule has 0 radical (unpaired) electrons. The van der Waals surface area contributed by atoms with Crippen LogP contribution in [0.2, 0.25) is 0 Å². The highest BCUT2D eigenvalue weighted by Crippen LogP contribution is 2.52. The van der Waals surface area contributed by atoms with Crippen LogP contribution in [0.25, 0.3) is 98.9 Å². The Morgan fingerprint density at radius 1 is 0.250 bits per heavy atom. The molecule has 0 amide bonds. The lowest BCUT2D eigenvalue weighted by Gasteiger charge is -2.15. The smallest absolute Gasteiger partial charge is 0.0551 e. The van der Waals surface area contributed by atoms with E-state index in [2.05, 4.69) is 180 Å². The Balaban J connectivity index is 1.54. The van der Waals surface area contributed by atoms with E-state index in [1.54, 1.807) is 0 Å². The van der Waals surface area contributed by atoms with Crippen LogP contribution in [0.1, 0.15) is 0 Å². The molecule has 0 saturated heterocycles. The molecule has 0 saturated carbocycles. The first-order valence-electron chi connectivity index (χ1n) is 16.5. The first-order valence-corrected chi connectivity index (χ1v) is 16.5. The monoisotopic (exact) mass is 610 g/mol. The predicted octanol–water partition coefficient (Wildman–Crippen LogP) is 12.8. The molecule has 2 heteroatoms. The van der Waals surface area contributed by atoms with Gasteiger partial charge in [-0.1, -0.05) is 170 Å². The van der Waals surface area contributed by atoms with Gasteiger partial charge in [0.1, 0.15) is 0 Å². The van der Waals surface area contributed by atoms with Crippen molar-refractivity contribution in [2.45, 2.75) is 0 Å². The van der Waals surface area contributed by atoms with E-state index >= 15 is 0 Å². The van der Waals surface area contributed by atoms with E-state index < -0.39 is 0 Å². The summed E-state index contributed by atoms with van der Waals surface area (Å²) in [5.74, 6) is 0. The van der Waals surface area contributed by atoms with Gasteiger partial charge in [0.25, 0.3) is 0 Å². The van der Waals surface area contributed by atoms with E-state index in [9.17, 15) is 0 Å². The average Bonchev–Trinajstić information content (AvgIpc) is 3.77. The van der Waals surface area contributed by atoms with Crippen molar-refractivity contribution in [3.63, 3.8) is 0 Å². The molecule has 0 spiro atoms. The molecule has 0 aliphatic heterocycles. The summed E-state index contributed by atoms with van der Waals surface area (Å²) in [5.41, 5.74) is 11.8. The third-order valence-electron chi connectivity index (χ3n) is 9.93. The molecule has 2 heterocycles. The van der Waals surface area contributed by atoms with Crippen LogP contribution >= 0.6 is 0 Å². The maximum absolute atomic E-state index is 4.00. The standard InChI is InChI=1S/C46H30N2/c1-5-17-29(18-6-1)37-41-39-33-25-13-16-28-36(33)46-42(38(30-19-7-2-8-20-30)44(48-46)32-23-11-4-12-24-32)40(39)34-26-14-15-27-35(34)45(41)47-43(37)31-21-9-3-10-22-31/h1-28,47-48H. The van der Waals surface area contributed by atoms with Gasteiger partial charge in [0.15, 0.2) is 0 Å².